The number of para-hydroxylation sites is 4. The van der Waals surface area contributed by atoms with Crippen LogP contribution in [0.4, 0.5) is 0 Å². The average molecular weight is 1830 g/mol. The maximum atomic E-state index is 7.09. The van der Waals surface area contributed by atoms with Crippen molar-refractivity contribution in [2.45, 2.75) is 0 Å². The molecule has 4 heterocycles. The van der Waals surface area contributed by atoms with E-state index >= 15 is 0 Å². The predicted molar refractivity (Wildman–Crippen MR) is 578 cm³/mol. The van der Waals surface area contributed by atoms with E-state index in [1.54, 1.807) is 0 Å². The number of fused-ring (bicyclic) bond motifs is 4. The zero-order chi connectivity index (χ0) is 92.1. The highest BCUT2D eigenvalue weighted by molar-refractivity contribution is 7.22. The van der Waals surface area contributed by atoms with Crippen molar-refractivity contribution in [3.63, 3.8) is 0 Å². The van der Waals surface area contributed by atoms with E-state index in [2.05, 4.69) is 510 Å². The second-order valence-electron chi connectivity index (χ2n) is 34.9. The van der Waals surface area contributed by atoms with Crippen molar-refractivity contribution in [2.75, 3.05) is 0 Å². The van der Waals surface area contributed by atoms with Gasteiger partial charge in [-0.15, -0.1) is 0 Å². The molecule has 20 aromatic carbocycles. The van der Waals surface area contributed by atoms with E-state index in [9.17, 15) is 0 Å². The molecule has 8 nitrogen and oxygen atoms in total. The maximum Gasteiger partial charge on any atom is 0.188 e. The minimum absolute atomic E-state index is 0.595. The molecule has 2 aromatic heterocycles. The van der Waals surface area contributed by atoms with Gasteiger partial charge in [0.25, 0.3) is 0 Å². The van der Waals surface area contributed by atoms with E-state index in [-0.39, 0.29) is 0 Å². The first kappa shape index (κ1) is 85.1. The van der Waals surface area contributed by atoms with E-state index in [0.29, 0.717) is 34.9 Å². The van der Waals surface area contributed by atoms with Crippen molar-refractivity contribution in [3.05, 3.63) is 546 Å². The lowest BCUT2D eigenvalue weighted by Crippen LogP contribution is -2.76. The van der Waals surface area contributed by atoms with Crippen molar-refractivity contribution >= 4 is 115 Å². The predicted octanol–water partition coefficient (Wildman–Crippen LogP) is 18.8. The lowest BCUT2D eigenvalue weighted by molar-refractivity contribution is 0.488. The van der Waals surface area contributed by atoms with Crippen LogP contribution in [-0.2, 0) is 0 Å². The van der Waals surface area contributed by atoms with Crippen molar-refractivity contribution in [1.82, 2.24) is 29.9 Å². The van der Waals surface area contributed by atoms with Gasteiger partial charge in [0.05, 0.1) is 0 Å². The number of hydrogen-bond acceptors (Lipinski definition) is 8. The van der Waals surface area contributed by atoms with E-state index < -0.39 is 32.3 Å². The van der Waals surface area contributed by atoms with Gasteiger partial charge in [0.15, 0.2) is 67.2 Å². The Bertz CT molecular complexity index is 7360. The zero-order valence-corrected chi connectivity index (χ0v) is 79.5. The van der Waals surface area contributed by atoms with Gasteiger partial charge in [-0.25, -0.2) is 29.9 Å². The molecule has 0 aliphatic carbocycles. The number of rotatable bonds is 20. The molecule has 0 fully saturated rings. The Balaban J connectivity index is 0.000000155. The third-order valence-electron chi connectivity index (χ3n) is 27.2. The van der Waals surface area contributed by atoms with Crippen LogP contribution in [0.2, 0.25) is 0 Å². The van der Waals surface area contributed by atoms with Crippen molar-refractivity contribution in [2.24, 2.45) is 0 Å². The standard InChI is InChI=1S/2C63H45N3OSi2/c2*1-7-24-46(25-8-1)61-64-62(66-63(65-61)49-28-22-39-55(45-49)68(50-29-9-2-10-30-50,51-31-11-3-12-32-51)52-33-13-4-14-34-52)48-27-21-26-47(44-48)56-40-23-43-59-60(56)67-57-41-19-20-42-58(57)69(59,53-35-15-5-16-36-53)54-37-17-6-18-38-54/h2*1-45H. The summed E-state index contributed by atoms with van der Waals surface area (Å²) < 4.78 is 14.2. The highest BCUT2D eigenvalue weighted by Gasteiger charge is 2.51. The highest BCUT2D eigenvalue weighted by atomic mass is 28.3. The van der Waals surface area contributed by atoms with Crippen LogP contribution in [0.15, 0.2) is 546 Å². The summed E-state index contributed by atoms with van der Waals surface area (Å²) in [6.45, 7) is 0. The van der Waals surface area contributed by atoms with Gasteiger partial charge in [-0.1, -0.05) is 522 Å². The molecule has 138 heavy (non-hydrogen) atoms. The maximum absolute atomic E-state index is 7.09. The topological polar surface area (TPSA) is 95.8 Å². The molecule has 0 spiro atoms. The number of hydrogen-bond donors (Lipinski definition) is 0. The third kappa shape index (κ3) is 15.3. The van der Waals surface area contributed by atoms with Crippen LogP contribution in [0.5, 0.6) is 23.0 Å². The molecule has 24 rings (SSSR count). The van der Waals surface area contributed by atoms with Crippen molar-refractivity contribution < 1.29 is 9.47 Å². The fourth-order valence-electron chi connectivity index (χ4n) is 21.2. The minimum atomic E-state index is -2.85. The summed E-state index contributed by atoms with van der Waals surface area (Å²) in [5, 5.41) is 20.5. The third-order valence-corrected chi connectivity index (χ3v) is 46.4. The van der Waals surface area contributed by atoms with E-state index in [1.165, 1.54) is 83.0 Å². The number of aromatic nitrogens is 6. The molecule has 2 aliphatic heterocycles. The van der Waals surface area contributed by atoms with E-state index in [4.69, 9.17) is 39.4 Å². The molecule has 652 valence electrons. The summed E-state index contributed by atoms with van der Waals surface area (Å²) in [5.41, 5.74) is 9.53. The SMILES string of the molecule is c1ccc(-c2nc(-c3cccc(-c4cccc5c4Oc4ccccc4[Si]5(c4ccccc4)c4ccccc4)c3)nc(-c3cccc([Si](c4ccccc4)(c4ccccc4)c4ccccc4)c3)n2)cc1.c1ccc(-c2nc(-c3cccc(-c4cccc5c4Oc4ccccc4[Si]5(c4ccccc4)c4ccccc4)c3)nc(-c3cccc([Si](c4ccccc4)(c4ccccc4)c4ccccc4)c3)n2)cc1. The van der Waals surface area contributed by atoms with E-state index in [0.717, 1.165) is 78.6 Å². The average Bonchev–Trinajstić information content (AvgIpc) is 0.706. The second-order valence-corrected chi connectivity index (χ2v) is 50.0. The second kappa shape index (κ2) is 37.4. The zero-order valence-electron chi connectivity index (χ0n) is 75.5. The molecule has 0 saturated carbocycles. The van der Waals surface area contributed by atoms with Gasteiger partial charge in [0.1, 0.15) is 23.0 Å². The van der Waals surface area contributed by atoms with E-state index in [1.807, 2.05) is 36.4 Å². The van der Waals surface area contributed by atoms with Gasteiger partial charge in [-0.05, 0) is 118 Å². The van der Waals surface area contributed by atoms with Gasteiger partial charge in [0, 0.05) is 44.5 Å². The molecule has 0 amide bonds. The van der Waals surface area contributed by atoms with Gasteiger partial charge in [-0.2, -0.15) is 0 Å². The van der Waals surface area contributed by atoms with Crippen LogP contribution in [0.25, 0.3) is 90.6 Å². The molecule has 0 atom stereocenters. The first-order chi connectivity index (χ1) is 68.4. The van der Waals surface area contributed by atoms with Crippen LogP contribution < -0.4 is 92.5 Å². The molecule has 22 aromatic rings. The molecule has 0 radical (unpaired) electrons. The van der Waals surface area contributed by atoms with Crippen LogP contribution in [0, 0.1) is 0 Å². The number of benzene rings is 20. The highest BCUT2D eigenvalue weighted by Crippen LogP contribution is 2.42. The minimum Gasteiger partial charge on any atom is -0.457 e. The Morgan fingerprint density at radius 1 is 0.152 bits per heavy atom. The molecular formula is C126H90N6O2Si4. The van der Waals surface area contributed by atoms with Gasteiger partial charge >= 0.3 is 0 Å². The molecule has 0 N–H and O–H groups in total. The van der Waals surface area contributed by atoms with Gasteiger partial charge in [0.2, 0.25) is 0 Å². The van der Waals surface area contributed by atoms with Crippen molar-refractivity contribution in [3.8, 4) is 114 Å². The monoisotopic (exact) mass is 1830 g/mol. The summed E-state index contributed by atoms with van der Waals surface area (Å²) >= 11 is 0. The number of nitrogens with zero attached hydrogens (tertiary/aromatic N) is 6. The van der Waals surface area contributed by atoms with Crippen molar-refractivity contribution in [1.29, 1.82) is 0 Å². The van der Waals surface area contributed by atoms with Gasteiger partial charge < -0.3 is 9.47 Å². The Hall–Kier alpha value is -17.1. The Kier molecular flexibility index (Phi) is 23.1. The summed E-state index contributed by atoms with van der Waals surface area (Å²) in [6, 6.07) is 196. The molecule has 12 heteroatoms. The molecule has 0 bridgehead atoms. The van der Waals surface area contributed by atoms with Crippen LogP contribution in [0.1, 0.15) is 0 Å². The quantitative estimate of drug-likeness (QED) is 0.0550. The first-order valence-electron chi connectivity index (χ1n) is 46.9. The van der Waals surface area contributed by atoms with Crippen LogP contribution in [0.3, 0.4) is 0 Å². The molecule has 0 unspecified atom stereocenters. The van der Waals surface area contributed by atoms with Gasteiger partial charge in [-0.3, -0.25) is 0 Å². The lowest BCUT2D eigenvalue weighted by atomic mass is 10.0. The largest absolute Gasteiger partial charge is 0.457 e. The normalized spacial score (nSPS) is 12.6. The number of ether oxygens (including phenoxy) is 2. The van der Waals surface area contributed by atoms with Crippen LogP contribution >= 0.6 is 0 Å². The fraction of sp³-hybridized carbons (Fsp3) is 0. The fourth-order valence-corrected chi connectivity index (χ4v) is 40.7. The first-order valence-corrected chi connectivity index (χ1v) is 54.9. The summed E-state index contributed by atoms with van der Waals surface area (Å²) in [5.74, 6) is 7.19. The summed E-state index contributed by atoms with van der Waals surface area (Å²) in [6.07, 6.45) is 0. The molecule has 0 saturated heterocycles. The smallest absolute Gasteiger partial charge is 0.188 e. The Morgan fingerprint density at radius 3 is 0.630 bits per heavy atom. The Morgan fingerprint density at radius 2 is 0.348 bits per heavy atom. The molecule has 2 aliphatic rings. The molecular weight excluding hydrogens is 1740 g/mol. The van der Waals surface area contributed by atoms with Crippen LogP contribution in [-0.4, -0.2) is 62.2 Å². The summed E-state index contributed by atoms with van der Waals surface area (Å²) in [7, 11) is -11.4. The summed E-state index contributed by atoms with van der Waals surface area (Å²) in [4.78, 5) is 31.7. The Labute approximate surface area is 808 Å². The lowest BCUT2D eigenvalue weighted by Gasteiger charge is -2.40.